The van der Waals surface area contributed by atoms with E-state index in [1.54, 1.807) is 18.2 Å². The molecule has 0 heterocycles. The van der Waals surface area contributed by atoms with Gasteiger partial charge in [-0.1, -0.05) is 41.4 Å². The van der Waals surface area contributed by atoms with Gasteiger partial charge in [-0.3, -0.25) is 0 Å². The van der Waals surface area contributed by atoms with E-state index in [1.165, 1.54) is 13.2 Å². The number of carbonyl (C=O) groups excluding carboxylic acids is 1. The van der Waals surface area contributed by atoms with Crippen LogP contribution < -0.4 is 4.74 Å². The summed E-state index contributed by atoms with van der Waals surface area (Å²) in [6.07, 6.45) is 3.04. The minimum absolute atomic E-state index is 0.389. The first-order valence-corrected chi connectivity index (χ1v) is 7.27. The first-order chi connectivity index (χ1) is 10.6. The van der Waals surface area contributed by atoms with Gasteiger partial charge in [-0.05, 0) is 41.5 Å². The molecule has 0 fully saturated rings. The van der Waals surface area contributed by atoms with E-state index >= 15 is 0 Å². The number of carbonyl (C=O) groups is 1. The third-order valence-electron chi connectivity index (χ3n) is 2.88. The molecule has 3 nitrogen and oxygen atoms in total. The van der Waals surface area contributed by atoms with Crippen molar-refractivity contribution < 1.29 is 14.3 Å². The van der Waals surface area contributed by atoms with Crippen molar-refractivity contribution >= 4 is 35.2 Å². The zero-order chi connectivity index (χ0) is 15.9. The number of esters is 1. The topological polar surface area (TPSA) is 35.5 Å². The minimum Gasteiger partial charge on any atom is -0.489 e. The van der Waals surface area contributed by atoms with Gasteiger partial charge in [0.25, 0.3) is 0 Å². The van der Waals surface area contributed by atoms with Gasteiger partial charge in [-0.25, -0.2) is 4.79 Å². The molecule has 0 bridgehead atoms. The molecular weight excluding hydrogens is 323 g/mol. The van der Waals surface area contributed by atoms with Gasteiger partial charge in [0.1, 0.15) is 12.4 Å². The summed E-state index contributed by atoms with van der Waals surface area (Å²) in [5.41, 5.74) is 1.82. The molecule has 22 heavy (non-hydrogen) atoms. The van der Waals surface area contributed by atoms with Crippen molar-refractivity contribution in [2.45, 2.75) is 6.61 Å². The quantitative estimate of drug-likeness (QED) is 0.583. The van der Waals surface area contributed by atoms with Gasteiger partial charge in [0.2, 0.25) is 0 Å². The lowest BCUT2D eigenvalue weighted by Gasteiger charge is -2.07. The second kappa shape index (κ2) is 7.87. The van der Waals surface area contributed by atoms with E-state index in [0.717, 1.165) is 16.9 Å². The van der Waals surface area contributed by atoms with Gasteiger partial charge in [0.15, 0.2) is 0 Å². The molecule has 0 spiro atoms. The highest BCUT2D eigenvalue weighted by molar-refractivity contribution is 6.42. The Kier molecular flexibility index (Phi) is 5.87. The standard InChI is InChI=1S/C17H14Cl2O3/c1-21-17(20)9-5-12-2-6-14(7-3-12)22-11-13-4-8-15(18)16(19)10-13/h2-10H,11H2,1H3. The molecule has 0 N–H and O–H groups in total. The van der Waals surface area contributed by atoms with Crippen LogP contribution in [0.1, 0.15) is 11.1 Å². The van der Waals surface area contributed by atoms with Gasteiger partial charge in [-0.15, -0.1) is 0 Å². The van der Waals surface area contributed by atoms with E-state index in [4.69, 9.17) is 27.9 Å². The minimum atomic E-state index is -0.389. The van der Waals surface area contributed by atoms with Gasteiger partial charge < -0.3 is 9.47 Å². The van der Waals surface area contributed by atoms with E-state index in [-0.39, 0.29) is 5.97 Å². The smallest absolute Gasteiger partial charge is 0.330 e. The van der Waals surface area contributed by atoms with Crippen molar-refractivity contribution in [3.63, 3.8) is 0 Å². The Morgan fingerprint density at radius 1 is 1.09 bits per heavy atom. The second-order valence-corrected chi connectivity index (χ2v) is 5.28. The maximum Gasteiger partial charge on any atom is 0.330 e. The number of methoxy groups -OCH3 is 1. The van der Waals surface area contributed by atoms with Crippen molar-refractivity contribution in [3.8, 4) is 5.75 Å². The van der Waals surface area contributed by atoms with Crippen molar-refractivity contribution in [1.82, 2.24) is 0 Å². The fourth-order valence-electron chi connectivity index (χ4n) is 1.70. The Hall–Kier alpha value is -1.97. The lowest BCUT2D eigenvalue weighted by atomic mass is 10.2. The predicted octanol–water partition coefficient (Wildman–Crippen LogP) is 4.76. The van der Waals surface area contributed by atoms with Crippen molar-refractivity contribution in [3.05, 3.63) is 69.7 Å². The third-order valence-corrected chi connectivity index (χ3v) is 3.62. The molecular formula is C17H14Cl2O3. The van der Waals surface area contributed by atoms with Gasteiger partial charge in [0.05, 0.1) is 17.2 Å². The average Bonchev–Trinajstić information content (AvgIpc) is 2.54. The van der Waals surface area contributed by atoms with Crippen LogP contribution in [0, 0.1) is 0 Å². The molecule has 0 aliphatic rings. The SMILES string of the molecule is COC(=O)C=Cc1ccc(OCc2ccc(Cl)c(Cl)c2)cc1. The van der Waals surface area contributed by atoms with E-state index in [2.05, 4.69) is 4.74 Å². The molecule has 114 valence electrons. The highest BCUT2D eigenvalue weighted by Crippen LogP contribution is 2.23. The summed E-state index contributed by atoms with van der Waals surface area (Å²) in [6.45, 7) is 0.397. The molecule has 2 aromatic rings. The summed E-state index contributed by atoms with van der Waals surface area (Å²) in [4.78, 5) is 11.0. The van der Waals surface area contributed by atoms with Crippen LogP contribution in [0.15, 0.2) is 48.5 Å². The molecule has 0 aliphatic heterocycles. The molecule has 2 rings (SSSR count). The summed E-state index contributed by atoms with van der Waals surface area (Å²) in [5, 5.41) is 1.03. The van der Waals surface area contributed by atoms with Crippen molar-refractivity contribution in [2.24, 2.45) is 0 Å². The van der Waals surface area contributed by atoms with Crippen LogP contribution in [-0.4, -0.2) is 13.1 Å². The van der Waals surface area contributed by atoms with Crippen molar-refractivity contribution in [1.29, 1.82) is 0 Å². The van der Waals surface area contributed by atoms with Gasteiger partial charge >= 0.3 is 5.97 Å². The van der Waals surface area contributed by atoms with Gasteiger partial charge in [0, 0.05) is 6.08 Å². The Balaban J connectivity index is 1.95. The first kappa shape index (κ1) is 16.4. The summed E-state index contributed by atoms with van der Waals surface area (Å²) in [7, 11) is 1.34. The summed E-state index contributed by atoms with van der Waals surface area (Å²) in [5.74, 6) is 0.334. The molecule has 0 unspecified atom stereocenters. The maximum absolute atomic E-state index is 11.0. The zero-order valence-corrected chi connectivity index (χ0v) is 13.4. The van der Waals surface area contributed by atoms with E-state index < -0.39 is 0 Å². The summed E-state index contributed by atoms with van der Waals surface area (Å²) < 4.78 is 10.2. The fourth-order valence-corrected chi connectivity index (χ4v) is 2.02. The van der Waals surface area contributed by atoms with Crippen molar-refractivity contribution in [2.75, 3.05) is 7.11 Å². The van der Waals surface area contributed by atoms with Crippen LogP contribution in [0.2, 0.25) is 10.0 Å². The maximum atomic E-state index is 11.0. The number of benzene rings is 2. The first-order valence-electron chi connectivity index (χ1n) is 6.51. The number of rotatable bonds is 5. The highest BCUT2D eigenvalue weighted by Gasteiger charge is 2.01. The second-order valence-electron chi connectivity index (χ2n) is 4.46. The molecule has 0 saturated heterocycles. The number of hydrogen-bond acceptors (Lipinski definition) is 3. The van der Waals surface area contributed by atoms with Crippen LogP contribution in [0.5, 0.6) is 5.75 Å². The molecule has 0 amide bonds. The number of halogens is 2. The van der Waals surface area contributed by atoms with Crippen LogP contribution in [0.3, 0.4) is 0 Å². The molecule has 0 saturated carbocycles. The fraction of sp³-hybridized carbons (Fsp3) is 0.118. The lowest BCUT2D eigenvalue weighted by Crippen LogP contribution is -1.95. The molecule has 0 atom stereocenters. The zero-order valence-electron chi connectivity index (χ0n) is 11.9. The van der Waals surface area contributed by atoms with Gasteiger partial charge in [-0.2, -0.15) is 0 Å². The van der Waals surface area contributed by atoms with E-state index in [0.29, 0.717) is 16.7 Å². The molecule has 0 aromatic heterocycles. The van der Waals surface area contributed by atoms with Crippen LogP contribution in [0.25, 0.3) is 6.08 Å². The largest absolute Gasteiger partial charge is 0.489 e. The van der Waals surface area contributed by atoms with E-state index in [9.17, 15) is 4.79 Å². The van der Waals surface area contributed by atoms with Crippen LogP contribution in [-0.2, 0) is 16.1 Å². The molecule has 0 aliphatic carbocycles. The molecule has 0 radical (unpaired) electrons. The number of ether oxygens (including phenoxy) is 2. The summed E-state index contributed by atoms with van der Waals surface area (Å²) in [6, 6.07) is 12.7. The summed E-state index contributed by atoms with van der Waals surface area (Å²) >= 11 is 11.8. The highest BCUT2D eigenvalue weighted by atomic mass is 35.5. The van der Waals surface area contributed by atoms with Crippen LogP contribution in [0.4, 0.5) is 0 Å². The normalized spacial score (nSPS) is 10.7. The third kappa shape index (κ3) is 4.79. The Morgan fingerprint density at radius 2 is 1.82 bits per heavy atom. The number of hydrogen-bond donors (Lipinski definition) is 0. The Morgan fingerprint density at radius 3 is 2.45 bits per heavy atom. The van der Waals surface area contributed by atoms with E-state index in [1.807, 2.05) is 30.3 Å². The lowest BCUT2D eigenvalue weighted by molar-refractivity contribution is -0.134. The Bertz CT molecular complexity index is 679. The monoisotopic (exact) mass is 336 g/mol. The predicted molar refractivity (Wildman–Crippen MR) is 88.3 cm³/mol. The average molecular weight is 337 g/mol. The van der Waals surface area contributed by atoms with Crippen LogP contribution >= 0.6 is 23.2 Å². The Labute approximate surface area is 139 Å². The molecule has 2 aromatic carbocycles. The molecule has 5 heteroatoms.